The first-order chi connectivity index (χ1) is 13.1. The van der Waals surface area contributed by atoms with Crippen molar-refractivity contribution in [1.29, 1.82) is 0 Å². The molecule has 0 spiro atoms. The number of nitrogens with zero attached hydrogens (tertiary/aromatic N) is 3. The van der Waals surface area contributed by atoms with Gasteiger partial charge in [-0.15, -0.1) is 0 Å². The zero-order valence-electron chi connectivity index (χ0n) is 16.2. The summed E-state index contributed by atoms with van der Waals surface area (Å²) in [4.78, 5) is 24.4. The smallest absolute Gasteiger partial charge is 0.224 e. The van der Waals surface area contributed by atoms with E-state index in [1.807, 2.05) is 19.9 Å². The second-order valence-electron chi connectivity index (χ2n) is 7.82. The minimum atomic E-state index is 0.0814. The molecule has 2 aliphatic rings. The summed E-state index contributed by atoms with van der Waals surface area (Å²) in [6.07, 6.45) is 3.91. The van der Waals surface area contributed by atoms with Gasteiger partial charge in [0.1, 0.15) is 5.82 Å². The number of aryl methyl sites for hydroxylation is 2. The molecule has 5 heteroatoms. The molecule has 142 valence electrons. The van der Waals surface area contributed by atoms with E-state index >= 15 is 0 Å². The van der Waals surface area contributed by atoms with Crippen molar-refractivity contribution >= 4 is 5.91 Å². The number of amides is 1. The van der Waals surface area contributed by atoms with Gasteiger partial charge in [-0.3, -0.25) is 9.69 Å². The van der Waals surface area contributed by atoms with Crippen LogP contribution in [0.25, 0.3) is 0 Å². The van der Waals surface area contributed by atoms with Crippen molar-refractivity contribution in [3.8, 4) is 0 Å². The molecular weight excluding hydrogens is 336 g/mol. The van der Waals surface area contributed by atoms with Crippen molar-refractivity contribution in [2.24, 2.45) is 5.92 Å². The number of fused-ring (bicyclic) bond motifs is 1. The van der Waals surface area contributed by atoms with Gasteiger partial charge in [0.25, 0.3) is 0 Å². The maximum Gasteiger partial charge on any atom is 0.224 e. The molecule has 2 aromatic rings. The van der Waals surface area contributed by atoms with E-state index in [0.717, 1.165) is 36.6 Å². The van der Waals surface area contributed by atoms with Crippen LogP contribution in [0, 0.1) is 19.8 Å². The third-order valence-electron chi connectivity index (χ3n) is 5.88. The van der Waals surface area contributed by atoms with Crippen LogP contribution in [-0.4, -0.2) is 39.9 Å². The molecule has 1 N–H and O–H groups in total. The number of nitrogens with one attached hydrogen (secondary N) is 1. The number of rotatable bonds is 5. The zero-order valence-corrected chi connectivity index (χ0v) is 16.2. The van der Waals surface area contributed by atoms with Crippen molar-refractivity contribution in [3.63, 3.8) is 0 Å². The SMILES string of the molecule is Cc1cc(C)nc(CCNC(=O)[C@H]2C[C@@H](c3ccccc3)N3CCC[C@H]23)n1. The number of carbonyl (C=O) groups excluding carboxylic acids is 1. The Morgan fingerprint density at radius 2 is 1.93 bits per heavy atom. The van der Waals surface area contributed by atoms with Gasteiger partial charge in [0.2, 0.25) is 5.91 Å². The lowest BCUT2D eigenvalue weighted by Gasteiger charge is -2.24. The highest BCUT2D eigenvalue weighted by Crippen LogP contribution is 2.44. The average Bonchev–Trinajstić information content (AvgIpc) is 3.24. The van der Waals surface area contributed by atoms with Crippen LogP contribution < -0.4 is 5.32 Å². The van der Waals surface area contributed by atoms with Gasteiger partial charge in [0.15, 0.2) is 0 Å². The van der Waals surface area contributed by atoms with Crippen molar-refractivity contribution in [2.75, 3.05) is 13.1 Å². The topological polar surface area (TPSA) is 58.1 Å². The summed E-state index contributed by atoms with van der Waals surface area (Å²) in [5.74, 6) is 1.08. The molecular formula is C22H28N4O. The van der Waals surface area contributed by atoms with E-state index in [0.29, 0.717) is 25.0 Å². The van der Waals surface area contributed by atoms with Crippen LogP contribution in [-0.2, 0) is 11.2 Å². The third-order valence-corrected chi connectivity index (χ3v) is 5.88. The fraction of sp³-hybridized carbons (Fsp3) is 0.500. The Bertz CT molecular complexity index is 787. The van der Waals surface area contributed by atoms with Gasteiger partial charge in [-0.25, -0.2) is 9.97 Å². The minimum Gasteiger partial charge on any atom is -0.355 e. The number of carbonyl (C=O) groups is 1. The molecule has 3 atom stereocenters. The van der Waals surface area contributed by atoms with E-state index < -0.39 is 0 Å². The molecule has 1 amide bonds. The fourth-order valence-electron chi connectivity index (χ4n) is 4.79. The molecule has 3 heterocycles. The maximum atomic E-state index is 12.9. The molecule has 5 nitrogen and oxygen atoms in total. The Kier molecular flexibility index (Phi) is 5.21. The molecule has 2 saturated heterocycles. The molecule has 0 saturated carbocycles. The molecule has 2 aliphatic heterocycles. The molecule has 4 rings (SSSR count). The Balaban J connectivity index is 1.38. The monoisotopic (exact) mass is 364 g/mol. The van der Waals surface area contributed by atoms with E-state index in [9.17, 15) is 4.79 Å². The molecule has 0 radical (unpaired) electrons. The zero-order chi connectivity index (χ0) is 18.8. The quantitative estimate of drug-likeness (QED) is 0.886. The van der Waals surface area contributed by atoms with Crippen LogP contribution in [0.3, 0.4) is 0 Å². The molecule has 0 unspecified atom stereocenters. The van der Waals surface area contributed by atoms with Crippen LogP contribution in [0.2, 0.25) is 0 Å². The van der Waals surface area contributed by atoms with E-state index in [-0.39, 0.29) is 11.8 Å². The van der Waals surface area contributed by atoms with Crippen molar-refractivity contribution in [1.82, 2.24) is 20.2 Å². The molecule has 1 aromatic carbocycles. The van der Waals surface area contributed by atoms with E-state index in [1.54, 1.807) is 0 Å². The van der Waals surface area contributed by atoms with Gasteiger partial charge in [-0.05, 0) is 51.3 Å². The van der Waals surface area contributed by atoms with E-state index in [2.05, 4.69) is 50.5 Å². The van der Waals surface area contributed by atoms with Crippen LogP contribution in [0.1, 0.15) is 48.1 Å². The van der Waals surface area contributed by atoms with Gasteiger partial charge >= 0.3 is 0 Å². The lowest BCUT2D eigenvalue weighted by Crippen LogP contribution is -2.38. The van der Waals surface area contributed by atoms with Gasteiger partial charge in [0, 0.05) is 36.4 Å². The van der Waals surface area contributed by atoms with Crippen molar-refractivity contribution in [2.45, 2.75) is 51.6 Å². The fourth-order valence-corrected chi connectivity index (χ4v) is 4.79. The van der Waals surface area contributed by atoms with E-state index in [1.165, 1.54) is 12.0 Å². The molecule has 2 fully saturated rings. The summed E-state index contributed by atoms with van der Waals surface area (Å²) < 4.78 is 0. The van der Waals surface area contributed by atoms with Crippen molar-refractivity contribution < 1.29 is 4.79 Å². The molecule has 27 heavy (non-hydrogen) atoms. The third kappa shape index (κ3) is 3.88. The van der Waals surface area contributed by atoms with Crippen LogP contribution in [0.4, 0.5) is 0 Å². The Morgan fingerprint density at radius 3 is 2.67 bits per heavy atom. The highest BCUT2D eigenvalue weighted by molar-refractivity contribution is 5.80. The normalized spacial score (nSPS) is 24.7. The largest absolute Gasteiger partial charge is 0.355 e. The summed E-state index contributed by atoms with van der Waals surface area (Å²) in [7, 11) is 0. The van der Waals surface area contributed by atoms with Gasteiger partial charge in [-0.2, -0.15) is 0 Å². The predicted molar refractivity (Wildman–Crippen MR) is 105 cm³/mol. The molecule has 0 bridgehead atoms. The highest BCUT2D eigenvalue weighted by atomic mass is 16.2. The molecule has 0 aliphatic carbocycles. The highest BCUT2D eigenvalue weighted by Gasteiger charge is 2.46. The number of benzene rings is 1. The first-order valence-electron chi connectivity index (χ1n) is 10.0. The second-order valence-corrected chi connectivity index (χ2v) is 7.82. The summed E-state index contributed by atoms with van der Waals surface area (Å²) in [6, 6.07) is 13.4. The Morgan fingerprint density at radius 1 is 1.19 bits per heavy atom. The number of hydrogen-bond acceptors (Lipinski definition) is 4. The maximum absolute atomic E-state index is 12.9. The van der Waals surface area contributed by atoms with Gasteiger partial charge in [-0.1, -0.05) is 30.3 Å². The average molecular weight is 364 g/mol. The first kappa shape index (κ1) is 18.1. The van der Waals surface area contributed by atoms with Gasteiger partial charge in [0.05, 0.1) is 5.92 Å². The summed E-state index contributed by atoms with van der Waals surface area (Å²) >= 11 is 0. The molecule has 1 aromatic heterocycles. The second kappa shape index (κ2) is 7.77. The van der Waals surface area contributed by atoms with Crippen LogP contribution in [0.15, 0.2) is 36.4 Å². The number of hydrogen-bond donors (Lipinski definition) is 1. The Labute approximate surface area is 161 Å². The van der Waals surface area contributed by atoms with Crippen molar-refractivity contribution in [3.05, 3.63) is 59.2 Å². The Hall–Kier alpha value is -2.27. The lowest BCUT2D eigenvalue weighted by molar-refractivity contribution is -0.125. The van der Waals surface area contributed by atoms with Gasteiger partial charge < -0.3 is 5.32 Å². The van der Waals surface area contributed by atoms with E-state index in [4.69, 9.17) is 0 Å². The minimum absolute atomic E-state index is 0.0814. The standard InChI is InChI=1S/C22H28N4O/c1-15-13-16(2)25-21(24-15)10-11-23-22(27)18-14-20(17-7-4-3-5-8-17)26-12-6-9-19(18)26/h3-5,7-8,13,18-20H,6,9-12,14H2,1-2H3,(H,23,27)/t18-,19+,20-/m0/s1. The number of aromatic nitrogens is 2. The lowest BCUT2D eigenvalue weighted by atomic mass is 9.93. The first-order valence-corrected chi connectivity index (χ1v) is 10.0. The van der Waals surface area contributed by atoms with Crippen LogP contribution in [0.5, 0.6) is 0 Å². The summed E-state index contributed by atoms with van der Waals surface area (Å²) in [5.41, 5.74) is 3.29. The predicted octanol–water partition coefficient (Wildman–Crippen LogP) is 2.98. The summed E-state index contributed by atoms with van der Waals surface area (Å²) in [5, 5.41) is 3.15. The summed E-state index contributed by atoms with van der Waals surface area (Å²) in [6.45, 7) is 5.66. The van der Waals surface area contributed by atoms with Crippen LogP contribution >= 0.6 is 0 Å².